The fraction of sp³-hybridized carbons (Fsp3) is 0.111. The van der Waals surface area contributed by atoms with Gasteiger partial charge in [-0.1, -0.05) is 24.3 Å². The predicted molar refractivity (Wildman–Crippen MR) is 97.3 cm³/mol. The Kier molecular flexibility index (Phi) is 4.23. The first kappa shape index (κ1) is 14.1. The largest absolute Gasteiger partial charge is 0.378 e. The highest BCUT2D eigenvalue weighted by Crippen LogP contribution is 2.32. The van der Waals surface area contributed by atoms with Crippen LogP contribution in [0.1, 0.15) is 10.4 Å². The summed E-state index contributed by atoms with van der Waals surface area (Å²) in [6, 6.07) is 17.2. The molecular formula is C18H17NS2. The molecule has 1 nitrogen and oxygen atoms in total. The molecule has 106 valence electrons. The number of benzene rings is 1. The van der Waals surface area contributed by atoms with E-state index >= 15 is 0 Å². The first-order valence-corrected chi connectivity index (χ1v) is 8.51. The molecule has 0 amide bonds. The minimum atomic E-state index is 1.23. The molecule has 2 aromatic heterocycles. The van der Waals surface area contributed by atoms with Crippen molar-refractivity contribution in [1.82, 2.24) is 0 Å². The second-order valence-corrected chi connectivity index (χ2v) is 7.06. The molecule has 21 heavy (non-hydrogen) atoms. The van der Waals surface area contributed by atoms with Crippen LogP contribution in [0.4, 0.5) is 5.69 Å². The van der Waals surface area contributed by atoms with E-state index in [4.69, 9.17) is 0 Å². The number of thiophene rings is 2. The van der Waals surface area contributed by atoms with E-state index in [1.54, 1.807) is 11.3 Å². The van der Waals surface area contributed by atoms with E-state index in [9.17, 15) is 0 Å². The summed E-state index contributed by atoms with van der Waals surface area (Å²) in [6.45, 7) is 0. The summed E-state index contributed by atoms with van der Waals surface area (Å²) in [6.07, 6.45) is 4.36. The Balaban J connectivity index is 1.74. The van der Waals surface area contributed by atoms with Gasteiger partial charge in [0.25, 0.3) is 0 Å². The SMILES string of the molecule is CN(C)c1ccc(/C=C/c2ccc(-c3cccs3)s2)cc1. The standard InChI is InChI=1S/C18H17NS2/c1-19(2)15-8-5-14(6-9-15)7-10-16-11-12-18(21-16)17-4-3-13-20-17/h3-13H,1-2H3/b10-7+. The first-order chi connectivity index (χ1) is 10.2. The van der Waals surface area contributed by atoms with Crippen molar-refractivity contribution < 1.29 is 0 Å². The summed E-state index contributed by atoms with van der Waals surface area (Å²) in [7, 11) is 4.12. The van der Waals surface area contributed by atoms with Gasteiger partial charge in [-0.2, -0.15) is 0 Å². The number of nitrogens with zero attached hydrogens (tertiary/aromatic N) is 1. The van der Waals surface area contributed by atoms with E-state index in [0.29, 0.717) is 0 Å². The summed E-state index contributed by atoms with van der Waals surface area (Å²) >= 11 is 3.62. The molecule has 0 atom stereocenters. The van der Waals surface area contributed by atoms with Gasteiger partial charge in [-0.25, -0.2) is 0 Å². The Morgan fingerprint density at radius 3 is 2.33 bits per heavy atom. The van der Waals surface area contributed by atoms with Crippen LogP contribution < -0.4 is 4.90 Å². The molecular weight excluding hydrogens is 294 g/mol. The third-order valence-corrected chi connectivity index (χ3v) is 5.36. The Morgan fingerprint density at radius 2 is 1.67 bits per heavy atom. The van der Waals surface area contributed by atoms with E-state index in [-0.39, 0.29) is 0 Å². The molecule has 1 aromatic carbocycles. The van der Waals surface area contributed by atoms with Gasteiger partial charge in [-0.15, -0.1) is 22.7 Å². The van der Waals surface area contributed by atoms with Crippen LogP contribution in [0.15, 0.2) is 53.9 Å². The molecule has 0 aliphatic rings. The van der Waals surface area contributed by atoms with Crippen LogP contribution in [0.5, 0.6) is 0 Å². The highest BCUT2D eigenvalue weighted by Gasteiger charge is 2.01. The lowest BCUT2D eigenvalue weighted by atomic mass is 10.2. The van der Waals surface area contributed by atoms with Crippen molar-refractivity contribution in [2.45, 2.75) is 0 Å². The maximum atomic E-state index is 2.20. The van der Waals surface area contributed by atoms with E-state index in [1.165, 1.54) is 25.9 Å². The lowest BCUT2D eigenvalue weighted by Crippen LogP contribution is -2.07. The summed E-state index contributed by atoms with van der Waals surface area (Å²) in [5.74, 6) is 0. The van der Waals surface area contributed by atoms with Crippen LogP contribution in [0.2, 0.25) is 0 Å². The Morgan fingerprint density at radius 1 is 0.857 bits per heavy atom. The average Bonchev–Trinajstić information content (AvgIpc) is 3.16. The maximum Gasteiger partial charge on any atom is 0.0448 e. The highest BCUT2D eigenvalue weighted by molar-refractivity contribution is 7.21. The zero-order valence-corrected chi connectivity index (χ0v) is 13.7. The molecule has 0 aliphatic carbocycles. The van der Waals surface area contributed by atoms with Crippen LogP contribution in [0.3, 0.4) is 0 Å². The maximum absolute atomic E-state index is 2.20. The Hall–Kier alpha value is -1.84. The lowest BCUT2D eigenvalue weighted by molar-refractivity contribution is 1.13. The molecule has 0 aliphatic heterocycles. The minimum absolute atomic E-state index is 1.23. The monoisotopic (exact) mass is 311 g/mol. The van der Waals surface area contributed by atoms with Crippen molar-refractivity contribution in [1.29, 1.82) is 0 Å². The first-order valence-electron chi connectivity index (χ1n) is 6.81. The second kappa shape index (κ2) is 6.29. The van der Waals surface area contributed by atoms with Gasteiger partial charge < -0.3 is 4.90 Å². The predicted octanol–water partition coefficient (Wildman–Crippen LogP) is 5.71. The molecule has 0 spiro atoms. The van der Waals surface area contributed by atoms with E-state index in [2.05, 4.69) is 85.1 Å². The molecule has 3 heteroatoms. The summed E-state index contributed by atoms with van der Waals surface area (Å²) < 4.78 is 0. The fourth-order valence-electron chi connectivity index (χ4n) is 2.06. The minimum Gasteiger partial charge on any atom is -0.378 e. The van der Waals surface area contributed by atoms with Crippen LogP contribution >= 0.6 is 22.7 Å². The summed E-state index contributed by atoms with van der Waals surface area (Å²) in [5, 5.41) is 2.12. The van der Waals surface area contributed by atoms with Crippen molar-refractivity contribution in [2.24, 2.45) is 0 Å². The summed E-state index contributed by atoms with van der Waals surface area (Å²) in [5.41, 5.74) is 2.45. The smallest absolute Gasteiger partial charge is 0.0448 e. The second-order valence-electron chi connectivity index (χ2n) is 5.00. The molecule has 0 bridgehead atoms. The molecule has 0 fully saturated rings. The van der Waals surface area contributed by atoms with Crippen LogP contribution in [-0.2, 0) is 0 Å². The quantitative estimate of drug-likeness (QED) is 0.596. The third-order valence-electron chi connectivity index (χ3n) is 3.24. The van der Waals surface area contributed by atoms with Crippen LogP contribution in [0.25, 0.3) is 21.9 Å². The molecule has 0 radical (unpaired) electrons. The Bertz CT molecular complexity index is 719. The highest BCUT2D eigenvalue weighted by atomic mass is 32.1. The number of hydrogen-bond donors (Lipinski definition) is 0. The number of anilines is 1. The number of rotatable bonds is 4. The molecule has 0 saturated carbocycles. The van der Waals surface area contributed by atoms with E-state index in [1.807, 2.05) is 11.3 Å². The van der Waals surface area contributed by atoms with Crippen molar-refractivity contribution >= 4 is 40.5 Å². The molecule has 3 aromatic rings. The zero-order valence-electron chi connectivity index (χ0n) is 12.1. The zero-order chi connectivity index (χ0) is 14.7. The molecule has 0 unspecified atom stereocenters. The number of hydrogen-bond acceptors (Lipinski definition) is 3. The van der Waals surface area contributed by atoms with Gasteiger partial charge in [0.1, 0.15) is 0 Å². The van der Waals surface area contributed by atoms with E-state index in [0.717, 1.165) is 0 Å². The van der Waals surface area contributed by atoms with Gasteiger partial charge >= 0.3 is 0 Å². The van der Waals surface area contributed by atoms with Gasteiger partial charge in [0.05, 0.1) is 0 Å². The van der Waals surface area contributed by atoms with Gasteiger partial charge in [0, 0.05) is 34.4 Å². The van der Waals surface area contributed by atoms with Crippen LogP contribution in [-0.4, -0.2) is 14.1 Å². The van der Waals surface area contributed by atoms with Gasteiger partial charge in [-0.3, -0.25) is 0 Å². The van der Waals surface area contributed by atoms with Gasteiger partial charge in [0.2, 0.25) is 0 Å². The van der Waals surface area contributed by atoms with Gasteiger partial charge in [0.15, 0.2) is 0 Å². The van der Waals surface area contributed by atoms with Crippen molar-refractivity contribution in [3.05, 3.63) is 64.4 Å². The van der Waals surface area contributed by atoms with Crippen molar-refractivity contribution in [2.75, 3.05) is 19.0 Å². The van der Waals surface area contributed by atoms with Crippen molar-refractivity contribution in [3.63, 3.8) is 0 Å². The molecule has 2 heterocycles. The third kappa shape index (κ3) is 3.43. The summed E-state index contributed by atoms with van der Waals surface area (Å²) in [4.78, 5) is 6.08. The fourth-order valence-corrected chi connectivity index (χ4v) is 3.80. The molecule has 0 saturated heterocycles. The molecule has 3 rings (SSSR count). The lowest BCUT2D eigenvalue weighted by Gasteiger charge is -2.11. The van der Waals surface area contributed by atoms with E-state index < -0.39 is 0 Å². The van der Waals surface area contributed by atoms with Crippen molar-refractivity contribution in [3.8, 4) is 9.75 Å². The topological polar surface area (TPSA) is 3.24 Å². The normalized spacial score (nSPS) is 11.1. The van der Waals surface area contributed by atoms with Gasteiger partial charge in [-0.05, 0) is 47.4 Å². The molecule has 0 N–H and O–H groups in total. The average molecular weight is 311 g/mol. The van der Waals surface area contributed by atoms with Crippen LogP contribution in [0, 0.1) is 0 Å². The Labute approximate surface area is 133 Å².